The standard InChI is InChI=1S/C15H22N4O2S/c1-22-15-16-9-12(10-17-15)11-19-4-2-3-13(19)14(20)18-5-7-21-8-6-18/h9-10,13H,2-8,11H2,1H3/t13-/m0/s1. The van der Waals surface area contributed by atoms with Gasteiger partial charge in [0.2, 0.25) is 5.91 Å². The van der Waals surface area contributed by atoms with Crippen molar-refractivity contribution < 1.29 is 9.53 Å². The van der Waals surface area contributed by atoms with Gasteiger partial charge >= 0.3 is 0 Å². The third kappa shape index (κ3) is 3.59. The molecule has 22 heavy (non-hydrogen) atoms. The Morgan fingerprint density at radius 2 is 2.05 bits per heavy atom. The Balaban J connectivity index is 1.63. The molecular formula is C15H22N4O2S. The Morgan fingerprint density at radius 1 is 1.32 bits per heavy atom. The van der Waals surface area contributed by atoms with E-state index in [0.717, 1.165) is 36.7 Å². The number of hydrogen-bond donors (Lipinski definition) is 0. The molecule has 0 aliphatic carbocycles. The fraction of sp³-hybridized carbons (Fsp3) is 0.667. The van der Waals surface area contributed by atoms with Gasteiger partial charge < -0.3 is 9.64 Å². The van der Waals surface area contributed by atoms with Crippen LogP contribution in [0.5, 0.6) is 0 Å². The van der Waals surface area contributed by atoms with E-state index in [0.29, 0.717) is 26.3 Å². The van der Waals surface area contributed by atoms with Crippen molar-refractivity contribution in [2.75, 3.05) is 39.1 Å². The van der Waals surface area contributed by atoms with Gasteiger partial charge in [-0.15, -0.1) is 0 Å². The van der Waals surface area contributed by atoms with Crippen molar-refractivity contribution in [3.05, 3.63) is 18.0 Å². The molecule has 6 nitrogen and oxygen atoms in total. The van der Waals surface area contributed by atoms with Crippen molar-refractivity contribution in [3.8, 4) is 0 Å². The summed E-state index contributed by atoms with van der Waals surface area (Å²) in [5.74, 6) is 0.252. The van der Waals surface area contributed by atoms with E-state index in [9.17, 15) is 4.79 Å². The molecule has 2 saturated heterocycles. The fourth-order valence-corrected chi connectivity index (χ4v) is 3.37. The molecule has 0 saturated carbocycles. The maximum absolute atomic E-state index is 12.7. The van der Waals surface area contributed by atoms with E-state index in [1.165, 1.54) is 11.8 Å². The zero-order valence-corrected chi connectivity index (χ0v) is 13.7. The molecule has 0 aromatic carbocycles. The van der Waals surface area contributed by atoms with Crippen molar-refractivity contribution in [1.29, 1.82) is 0 Å². The van der Waals surface area contributed by atoms with Crippen LogP contribution in [0.1, 0.15) is 18.4 Å². The lowest BCUT2D eigenvalue weighted by molar-refractivity contribution is -0.140. The Labute approximate surface area is 135 Å². The van der Waals surface area contributed by atoms with Crippen LogP contribution in [0.15, 0.2) is 17.6 Å². The smallest absolute Gasteiger partial charge is 0.240 e. The number of amides is 1. The number of likely N-dealkylation sites (tertiary alicyclic amines) is 1. The SMILES string of the molecule is CSc1ncc(CN2CCC[C@H]2C(=O)N2CCOCC2)cn1. The van der Waals surface area contributed by atoms with Crippen molar-refractivity contribution in [3.63, 3.8) is 0 Å². The molecule has 2 aliphatic rings. The van der Waals surface area contributed by atoms with Gasteiger partial charge in [-0.2, -0.15) is 0 Å². The molecule has 0 radical (unpaired) electrons. The Kier molecular flexibility index (Phi) is 5.28. The predicted molar refractivity (Wildman–Crippen MR) is 84.6 cm³/mol. The molecule has 1 aromatic heterocycles. The monoisotopic (exact) mass is 322 g/mol. The Bertz CT molecular complexity index is 505. The van der Waals surface area contributed by atoms with Crippen molar-refractivity contribution in [2.45, 2.75) is 30.6 Å². The van der Waals surface area contributed by atoms with Gasteiger partial charge in [-0.25, -0.2) is 9.97 Å². The van der Waals surface area contributed by atoms with Gasteiger partial charge in [-0.3, -0.25) is 9.69 Å². The van der Waals surface area contributed by atoms with E-state index in [1.807, 2.05) is 23.5 Å². The number of morpholine rings is 1. The first-order valence-corrected chi connectivity index (χ1v) is 8.96. The summed E-state index contributed by atoms with van der Waals surface area (Å²) >= 11 is 1.54. The second-order valence-corrected chi connectivity index (χ2v) is 6.42. The summed E-state index contributed by atoms with van der Waals surface area (Å²) in [7, 11) is 0. The topological polar surface area (TPSA) is 58.6 Å². The average molecular weight is 322 g/mol. The third-order valence-electron chi connectivity index (χ3n) is 4.22. The molecule has 2 aliphatic heterocycles. The van der Waals surface area contributed by atoms with Crippen LogP contribution in [0.2, 0.25) is 0 Å². The van der Waals surface area contributed by atoms with Crippen LogP contribution in [0.25, 0.3) is 0 Å². The summed E-state index contributed by atoms with van der Waals surface area (Å²) in [6, 6.07) is -0.00155. The number of hydrogen-bond acceptors (Lipinski definition) is 6. The van der Waals surface area contributed by atoms with Gasteiger partial charge in [0.1, 0.15) is 0 Å². The number of carbonyl (C=O) groups excluding carboxylic acids is 1. The molecule has 0 spiro atoms. The molecule has 1 aromatic rings. The molecule has 0 bridgehead atoms. The lowest BCUT2D eigenvalue weighted by Crippen LogP contribution is -2.49. The highest BCUT2D eigenvalue weighted by Gasteiger charge is 2.34. The van der Waals surface area contributed by atoms with Crippen molar-refractivity contribution in [1.82, 2.24) is 19.8 Å². The van der Waals surface area contributed by atoms with Gasteiger partial charge in [0.05, 0.1) is 19.3 Å². The number of aromatic nitrogens is 2. The molecule has 0 N–H and O–H groups in total. The molecule has 3 heterocycles. The second-order valence-electron chi connectivity index (χ2n) is 5.64. The van der Waals surface area contributed by atoms with Gasteiger partial charge in [-0.05, 0) is 25.6 Å². The first-order chi connectivity index (χ1) is 10.8. The highest BCUT2D eigenvalue weighted by atomic mass is 32.2. The van der Waals surface area contributed by atoms with E-state index < -0.39 is 0 Å². The minimum atomic E-state index is -0.00155. The zero-order chi connectivity index (χ0) is 15.4. The van der Waals surface area contributed by atoms with Crippen molar-refractivity contribution in [2.24, 2.45) is 0 Å². The van der Waals surface area contributed by atoms with E-state index >= 15 is 0 Å². The first kappa shape index (κ1) is 15.7. The molecule has 2 fully saturated rings. The van der Waals surface area contributed by atoms with Crippen LogP contribution in [-0.4, -0.2) is 70.8 Å². The van der Waals surface area contributed by atoms with E-state index in [1.54, 1.807) is 0 Å². The number of nitrogens with zero attached hydrogens (tertiary/aromatic N) is 4. The zero-order valence-electron chi connectivity index (χ0n) is 12.9. The van der Waals surface area contributed by atoms with E-state index in [4.69, 9.17) is 4.74 Å². The largest absolute Gasteiger partial charge is 0.378 e. The van der Waals surface area contributed by atoms with E-state index in [2.05, 4.69) is 14.9 Å². The van der Waals surface area contributed by atoms with Gasteiger partial charge in [-0.1, -0.05) is 11.8 Å². The summed E-state index contributed by atoms with van der Waals surface area (Å²) in [4.78, 5) is 25.5. The van der Waals surface area contributed by atoms with Crippen LogP contribution in [0.3, 0.4) is 0 Å². The summed E-state index contributed by atoms with van der Waals surface area (Å²) in [5.41, 5.74) is 1.07. The number of thioether (sulfide) groups is 1. The third-order valence-corrected chi connectivity index (χ3v) is 4.80. The quantitative estimate of drug-likeness (QED) is 0.609. The summed E-state index contributed by atoms with van der Waals surface area (Å²) in [6.07, 6.45) is 7.72. The van der Waals surface area contributed by atoms with Crippen molar-refractivity contribution >= 4 is 17.7 Å². The highest BCUT2D eigenvalue weighted by molar-refractivity contribution is 7.98. The van der Waals surface area contributed by atoms with Crippen LogP contribution >= 0.6 is 11.8 Å². The molecule has 7 heteroatoms. The van der Waals surface area contributed by atoms with Crippen LogP contribution < -0.4 is 0 Å². The van der Waals surface area contributed by atoms with Crippen LogP contribution in [0.4, 0.5) is 0 Å². The highest BCUT2D eigenvalue weighted by Crippen LogP contribution is 2.22. The molecule has 3 rings (SSSR count). The second kappa shape index (κ2) is 7.39. The maximum Gasteiger partial charge on any atom is 0.240 e. The molecular weight excluding hydrogens is 300 g/mol. The minimum absolute atomic E-state index is 0.00155. The predicted octanol–water partition coefficient (Wildman–Crippen LogP) is 1.02. The molecule has 120 valence electrons. The minimum Gasteiger partial charge on any atom is -0.378 e. The van der Waals surface area contributed by atoms with E-state index in [-0.39, 0.29) is 11.9 Å². The van der Waals surface area contributed by atoms with Gasteiger partial charge in [0, 0.05) is 37.6 Å². The number of rotatable bonds is 4. The number of carbonyl (C=O) groups is 1. The summed E-state index contributed by atoms with van der Waals surface area (Å²) in [6.45, 7) is 4.45. The maximum atomic E-state index is 12.7. The Hall–Kier alpha value is -1.18. The summed E-state index contributed by atoms with van der Waals surface area (Å²) < 4.78 is 5.33. The molecule has 1 amide bonds. The lowest BCUT2D eigenvalue weighted by Gasteiger charge is -2.32. The van der Waals surface area contributed by atoms with Crippen LogP contribution in [0, 0.1) is 0 Å². The lowest BCUT2D eigenvalue weighted by atomic mass is 10.1. The summed E-state index contributed by atoms with van der Waals surface area (Å²) in [5, 5.41) is 0.783. The van der Waals surface area contributed by atoms with Gasteiger partial charge in [0.15, 0.2) is 5.16 Å². The normalized spacial score (nSPS) is 23.0. The molecule has 1 atom stereocenters. The average Bonchev–Trinajstić information content (AvgIpc) is 3.04. The Morgan fingerprint density at radius 3 is 2.73 bits per heavy atom. The first-order valence-electron chi connectivity index (χ1n) is 7.73. The van der Waals surface area contributed by atoms with Crippen LogP contribution in [-0.2, 0) is 16.1 Å². The van der Waals surface area contributed by atoms with Gasteiger partial charge in [0.25, 0.3) is 0 Å². The fourth-order valence-electron chi connectivity index (χ4n) is 3.05. The number of ether oxygens (including phenoxy) is 1. The molecule has 0 unspecified atom stereocenters.